The summed E-state index contributed by atoms with van der Waals surface area (Å²) in [5, 5.41) is 0. The standard InChI is InChI=1S/C20H17NO2/c1-15(22)18-9-5-6-10-19(18)17-11-12-20(21-13-17)23-14-16-7-3-2-4-8-16/h2-13H,14H2,1H3. The summed E-state index contributed by atoms with van der Waals surface area (Å²) in [7, 11) is 0. The number of ether oxygens (including phenoxy) is 1. The molecule has 3 heteroatoms. The molecule has 0 unspecified atom stereocenters. The van der Waals surface area contributed by atoms with Gasteiger partial charge in [0.2, 0.25) is 5.88 Å². The zero-order valence-electron chi connectivity index (χ0n) is 12.9. The van der Waals surface area contributed by atoms with E-state index in [1.54, 1.807) is 13.1 Å². The van der Waals surface area contributed by atoms with Gasteiger partial charge in [0.15, 0.2) is 5.78 Å². The van der Waals surface area contributed by atoms with E-state index >= 15 is 0 Å². The molecule has 114 valence electrons. The number of aromatic nitrogens is 1. The van der Waals surface area contributed by atoms with Gasteiger partial charge in [-0.1, -0.05) is 54.6 Å². The second-order valence-electron chi connectivity index (χ2n) is 5.26. The van der Waals surface area contributed by atoms with Crippen LogP contribution in [0.25, 0.3) is 11.1 Å². The topological polar surface area (TPSA) is 39.2 Å². The largest absolute Gasteiger partial charge is 0.473 e. The Morgan fingerprint density at radius 1 is 0.957 bits per heavy atom. The van der Waals surface area contributed by atoms with Gasteiger partial charge in [0.05, 0.1) is 0 Å². The molecule has 0 spiro atoms. The van der Waals surface area contributed by atoms with Gasteiger partial charge in [-0.05, 0) is 24.1 Å². The van der Waals surface area contributed by atoms with Crippen LogP contribution < -0.4 is 4.74 Å². The minimum atomic E-state index is 0.0463. The molecule has 0 atom stereocenters. The average Bonchev–Trinajstić information content (AvgIpc) is 2.61. The van der Waals surface area contributed by atoms with E-state index < -0.39 is 0 Å². The van der Waals surface area contributed by atoms with E-state index in [-0.39, 0.29) is 5.78 Å². The molecule has 0 saturated carbocycles. The van der Waals surface area contributed by atoms with Crippen LogP contribution in [-0.2, 0) is 6.61 Å². The first-order chi connectivity index (χ1) is 11.2. The van der Waals surface area contributed by atoms with Crippen LogP contribution in [0.3, 0.4) is 0 Å². The zero-order valence-corrected chi connectivity index (χ0v) is 12.9. The summed E-state index contributed by atoms with van der Waals surface area (Å²) in [6, 6.07) is 21.3. The highest BCUT2D eigenvalue weighted by molar-refractivity contribution is 6.00. The van der Waals surface area contributed by atoms with Gasteiger partial charge in [-0.2, -0.15) is 0 Å². The number of pyridine rings is 1. The quantitative estimate of drug-likeness (QED) is 0.650. The smallest absolute Gasteiger partial charge is 0.213 e. The van der Waals surface area contributed by atoms with Gasteiger partial charge in [0.25, 0.3) is 0 Å². The third kappa shape index (κ3) is 3.64. The lowest BCUT2D eigenvalue weighted by molar-refractivity contribution is 0.101. The van der Waals surface area contributed by atoms with Crippen LogP contribution in [0.1, 0.15) is 22.8 Å². The summed E-state index contributed by atoms with van der Waals surface area (Å²) >= 11 is 0. The van der Waals surface area contributed by atoms with Crippen molar-refractivity contribution in [2.24, 2.45) is 0 Å². The Morgan fingerprint density at radius 2 is 1.70 bits per heavy atom. The van der Waals surface area contributed by atoms with Gasteiger partial charge in [-0.15, -0.1) is 0 Å². The SMILES string of the molecule is CC(=O)c1ccccc1-c1ccc(OCc2ccccc2)nc1. The van der Waals surface area contributed by atoms with Crippen LogP contribution >= 0.6 is 0 Å². The lowest BCUT2D eigenvalue weighted by Crippen LogP contribution is -1.98. The fourth-order valence-electron chi connectivity index (χ4n) is 2.40. The molecule has 3 aromatic rings. The Morgan fingerprint density at radius 3 is 2.39 bits per heavy atom. The van der Waals surface area contributed by atoms with E-state index in [9.17, 15) is 4.79 Å². The van der Waals surface area contributed by atoms with E-state index in [4.69, 9.17) is 4.74 Å². The first-order valence-corrected chi connectivity index (χ1v) is 7.47. The summed E-state index contributed by atoms with van der Waals surface area (Å²) in [5.74, 6) is 0.614. The van der Waals surface area contributed by atoms with Gasteiger partial charge >= 0.3 is 0 Å². The minimum Gasteiger partial charge on any atom is -0.473 e. The van der Waals surface area contributed by atoms with E-state index in [1.165, 1.54) is 0 Å². The van der Waals surface area contributed by atoms with E-state index in [2.05, 4.69) is 4.98 Å². The first-order valence-electron chi connectivity index (χ1n) is 7.47. The van der Waals surface area contributed by atoms with Crippen molar-refractivity contribution in [1.29, 1.82) is 0 Å². The molecule has 3 nitrogen and oxygen atoms in total. The molecule has 2 aromatic carbocycles. The van der Waals surface area contributed by atoms with Crippen molar-refractivity contribution < 1.29 is 9.53 Å². The second-order valence-corrected chi connectivity index (χ2v) is 5.26. The number of rotatable bonds is 5. The second kappa shape index (κ2) is 6.88. The average molecular weight is 303 g/mol. The fraction of sp³-hybridized carbons (Fsp3) is 0.100. The van der Waals surface area contributed by atoms with Gasteiger partial charge < -0.3 is 4.74 Å². The van der Waals surface area contributed by atoms with E-state index in [0.717, 1.165) is 16.7 Å². The Labute approximate surface area is 135 Å². The molecule has 23 heavy (non-hydrogen) atoms. The zero-order chi connectivity index (χ0) is 16.1. The molecule has 1 aromatic heterocycles. The number of hydrogen-bond donors (Lipinski definition) is 0. The number of nitrogens with zero attached hydrogens (tertiary/aromatic N) is 1. The molecule has 0 radical (unpaired) electrons. The van der Waals surface area contributed by atoms with Crippen molar-refractivity contribution in [3.05, 3.63) is 84.1 Å². The maximum absolute atomic E-state index is 11.7. The molecule has 1 heterocycles. The summed E-state index contributed by atoms with van der Waals surface area (Å²) in [6.45, 7) is 2.06. The highest BCUT2D eigenvalue weighted by Crippen LogP contribution is 2.24. The summed E-state index contributed by atoms with van der Waals surface area (Å²) in [6.07, 6.45) is 1.74. The van der Waals surface area contributed by atoms with Crippen LogP contribution in [-0.4, -0.2) is 10.8 Å². The molecular weight excluding hydrogens is 286 g/mol. The summed E-state index contributed by atoms with van der Waals surface area (Å²) < 4.78 is 5.68. The van der Waals surface area contributed by atoms with Crippen molar-refractivity contribution in [2.45, 2.75) is 13.5 Å². The van der Waals surface area contributed by atoms with Gasteiger partial charge in [-0.3, -0.25) is 4.79 Å². The lowest BCUT2D eigenvalue weighted by Gasteiger charge is -2.08. The van der Waals surface area contributed by atoms with Crippen LogP contribution in [0.15, 0.2) is 72.9 Å². The number of carbonyl (C=O) groups excluding carboxylic acids is 1. The van der Waals surface area contributed by atoms with Crippen molar-refractivity contribution in [2.75, 3.05) is 0 Å². The van der Waals surface area contributed by atoms with Crippen molar-refractivity contribution in [1.82, 2.24) is 4.98 Å². The molecule has 0 aliphatic heterocycles. The van der Waals surface area contributed by atoms with Gasteiger partial charge in [0, 0.05) is 23.4 Å². The monoisotopic (exact) mass is 303 g/mol. The predicted octanol–water partition coefficient (Wildman–Crippen LogP) is 4.53. The third-order valence-electron chi connectivity index (χ3n) is 3.58. The maximum Gasteiger partial charge on any atom is 0.213 e. The Bertz CT molecular complexity index is 795. The number of Topliss-reactive ketones (excluding diaryl/α,β-unsaturated/α-hetero) is 1. The number of hydrogen-bond acceptors (Lipinski definition) is 3. The minimum absolute atomic E-state index is 0.0463. The van der Waals surface area contributed by atoms with E-state index in [0.29, 0.717) is 18.1 Å². The molecule has 0 aliphatic carbocycles. The summed E-state index contributed by atoms with van der Waals surface area (Å²) in [4.78, 5) is 16.1. The van der Waals surface area contributed by atoms with Gasteiger partial charge in [0.1, 0.15) is 6.61 Å². The molecule has 0 saturated heterocycles. The Balaban J connectivity index is 1.76. The predicted molar refractivity (Wildman–Crippen MR) is 90.5 cm³/mol. The van der Waals surface area contributed by atoms with Crippen LogP contribution in [0.2, 0.25) is 0 Å². The van der Waals surface area contributed by atoms with Gasteiger partial charge in [-0.25, -0.2) is 4.98 Å². The Hall–Kier alpha value is -2.94. The lowest BCUT2D eigenvalue weighted by atomic mass is 9.99. The third-order valence-corrected chi connectivity index (χ3v) is 3.58. The molecule has 0 bridgehead atoms. The van der Waals surface area contributed by atoms with Crippen molar-refractivity contribution in [3.8, 4) is 17.0 Å². The molecule has 0 aliphatic rings. The molecular formula is C20H17NO2. The Kier molecular flexibility index (Phi) is 4.48. The highest BCUT2D eigenvalue weighted by Gasteiger charge is 2.08. The van der Waals surface area contributed by atoms with Crippen molar-refractivity contribution in [3.63, 3.8) is 0 Å². The maximum atomic E-state index is 11.7. The normalized spacial score (nSPS) is 10.3. The number of benzene rings is 2. The molecule has 0 amide bonds. The van der Waals surface area contributed by atoms with Crippen LogP contribution in [0, 0.1) is 0 Å². The van der Waals surface area contributed by atoms with Crippen LogP contribution in [0.4, 0.5) is 0 Å². The first kappa shape index (κ1) is 15.0. The molecule has 0 fully saturated rings. The fourth-order valence-corrected chi connectivity index (χ4v) is 2.40. The van der Waals surface area contributed by atoms with Crippen molar-refractivity contribution >= 4 is 5.78 Å². The number of ketones is 1. The summed E-state index contributed by atoms with van der Waals surface area (Å²) in [5.41, 5.74) is 3.59. The molecule has 3 rings (SSSR count). The molecule has 0 N–H and O–H groups in total. The number of carbonyl (C=O) groups is 1. The van der Waals surface area contributed by atoms with Crippen LogP contribution in [0.5, 0.6) is 5.88 Å². The van der Waals surface area contributed by atoms with E-state index in [1.807, 2.05) is 66.7 Å². The highest BCUT2D eigenvalue weighted by atomic mass is 16.5.